The fourth-order valence-electron chi connectivity index (χ4n) is 2.38. The summed E-state index contributed by atoms with van der Waals surface area (Å²) in [7, 11) is 0. The molecule has 3 aromatic rings. The predicted molar refractivity (Wildman–Crippen MR) is 103 cm³/mol. The topological polar surface area (TPSA) is 75.4 Å². The van der Waals surface area contributed by atoms with E-state index < -0.39 is 6.10 Å². The lowest BCUT2D eigenvalue weighted by Crippen LogP contribution is -2.31. The van der Waals surface area contributed by atoms with Crippen LogP contribution in [-0.4, -0.2) is 34.4 Å². The molecular weight excluding hydrogens is 348 g/mol. The van der Waals surface area contributed by atoms with Crippen molar-refractivity contribution >= 4 is 17.7 Å². The Morgan fingerprint density at radius 2 is 1.73 bits per heavy atom. The first kappa shape index (κ1) is 18.2. The van der Waals surface area contributed by atoms with Gasteiger partial charge in [-0.05, 0) is 6.92 Å². The highest BCUT2D eigenvalue weighted by Crippen LogP contribution is 2.35. The average molecular weight is 368 g/mol. The number of hydrogen-bond donors (Lipinski definition) is 2. The molecule has 2 aromatic carbocycles. The summed E-state index contributed by atoms with van der Waals surface area (Å²) in [5, 5.41) is 12.3. The van der Waals surface area contributed by atoms with Crippen LogP contribution in [0.5, 0.6) is 0 Å². The minimum absolute atomic E-state index is 0.170. The molecule has 6 heteroatoms. The largest absolute Gasteiger partial charge is 0.431 e. The van der Waals surface area contributed by atoms with Gasteiger partial charge in [-0.2, -0.15) is 0 Å². The van der Waals surface area contributed by atoms with Crippen LogP contribution in [0.2, 0.25) is 0 Å². The average Bonchev–Trinajstić information content (AvgIpc) is 3.10. The first-order valence-corrected chi connectivity index (χ1v) is 9.31. The summed E-state index contributed by atoms with van der Waals surface area (Å²) < 4.78 is 5.95. The maximum Gasteiger partial charge on any atom is 0.257 e. The van der Waals surface area contributed by atoms with Gasteiger partial charge in [0.25, 0.3) is 5.22 Å². The number of aliphatic hydroxyl groups excluding tert-OH is 1. The summed E-state index contributed by atoms with van der Waals surface area (Å²) in [4.78, 5) is 16.4. The van der Waals surface area contributed by atoms with E-state index in [1.807, 2.05) is 60.7 Å². The van der Waals surface area contributed by atoms with Gasteiger partial charge in [-0.1, -0.05) is 72.4 Å². The summed E-state index contributed by atoms with van der Waals surface area (Å²) in [5.74, 6) is 0.690. The molecule has 2 N–H and O–H groups in total. The molecular formula is C20H20N2O3S. The highest BCUT2D eigenvalue weighted by Gasteiger charge is 2.17. The maximum atomic E-state index is 11.8. The Morgan fingerprint density at radius 1 is 1.12 bits per heavy atom. The van der Waals surface area contributed by atoms with Gasteiger partial charge in [0.15, 0.2) is 5.76 Å². The van der Waals surface area contributed by atoms with Crippen LogP contribution in [-0.2, 0) is 4.79 Å². The molecule has 1 unspecified atom stereocenters. The van der Waals surface area contributed by atoms with Gasteiger partial charge in [-0.15, -0.1) is 0 Å². The second kappa shape index (κ2) is 8.69. The first-order valence-electron chi connectivity index (χ1n) is 8.32. The van der Waals surface area contributed by atoms with Crippen LogP contribution in [0.15, 0.2) is 70.3 Å². The molecule has 1 amide bonds. The Kier molecular flexibility index (Phi) is 6.09. The predicted octanol–water partition coefficient (Wildman–Crippen LogP) is 3.60. The zero-order valence-corrected chi connectivity index (χ0v) is 15.2. The number of aromatic nitrogens is 1. The van der Waals surface area contributed by atoms with E-state index in [-0.39, 0.29) is 18.2 Å². The maximum absolute atomic E-state index is 11.8. The van der Waals surface area contributed by atoms with Gasteiger partial charge >= 0.3 is 0 Å². The molecule has 1 atom stereocenters. The number of carbonyl (C=O) groups excluding carboxylic acids is 1. The SMILES string of the molecule is CC(O)CNC(=O)CSc1nc(-c2ccccc2)c(-c2ccccc2)o1. The van der Waals surface area contributed by atoms with Gasteiger partial charge in [0, 0.05) is 17.7 Å². The number of benzene rings is 2. The molecule has 0 aliphatic rings. The molecule has 0 aliphatic heterocycles. The Hall–Kier alpha value is -2.57. The lowest BCUT2D eigenvalue weighted by molar-refractivity contribution is -0.118. The van der Waals surface area contributed by atoms with Crippen molar-refractivity contribution < 1.29 is 14.3 Å². The van der Waals surface area contributed by atoms with Gasteiger partial charge in [0.2, 0.25) is 5.91 Å². The number of thioether (sulfide) groups is 1. The number of amides is 1. The lowest BCUT2D eigenvalue weighted by atomic mass is 10.1. The van der Waals surface area contributed by atoms with E-state index in [0.29, 0.717) is 11.0 Å². The first-order chi connectivity index (χ1) is 12.6. The molecule has 134 valence electrons. The van der Waals surface area contributed by atoms with Crippen LogP contribution < -0.4 is 5.32 Å². The van der Waals surface area contributed by atoms with E-state index in [2.05, 4.69) is 10.3 Å². The smallest absolute Gasteiger partial charge is 0.257 e. The van der Waals surface area contributed by atoms with Crippen LogP contribution in [0.3, 0.4) is 0 Å². The molecule has 0 saturated heterocycles. The van der Waals surface area contributed by atoms with Crippen LogP contribution >= 0.6 is 11.8 Å². The fourth-order valence-corrected chi connectivity index (χ4v) is 3.03. The zero-order valence-electron chi connectivity index (χ0n) is 14.4. The van der Waals surface area contributed by atoms with Gasteiger partial charge < -0.3 is 14.8 Å². The van der Waals surface area contributed by atoms with Gasteiger partial charge in [-0.3, -0.25) is 4.79 Å². The van der Waals surface area contributed by atoms with E-state index in [1.54, 1.807) is 6.92 Å². The van der Waals surface area contributed by atoms with Crippen molar-refractivity contribution in [2.24, 2.45) is 0 Å². The Labute approximate surface area is 156 Å². The van der Waals surface area contributed by atoms with Crippen molar-refractivity contribution in [3.05, 3.63) is 60.7 Å². The van der Waals surface area contributed by atoms with Crippen molar-refractivity contribution in [2.75, 3.05) is 12.3 Å². The number of hydrogen-bond acceptors (Lipinski definition) is 5. The molecule has 1 aromatic heterocycles. The van der Waals surface area contributed by atoms with Crippen molar-refractivity contribution in [3.8, 4) is 22.6 Å². The Morgan fingerprint density at radius 3 is 2.35 bits per heavy atom. The Balaban J connectivity index is 1.82. The molecule has 5 nitrogen and oxygen atoms in total. The minimum Gasteiger partial charge on any atom is -0.431 e. The number of oxazole rings is 1. The summed E-state index contributed by atoms with van der Waals surface area (Å²) in [6.45, 7) is 1.86. The fraction of sp³-hybridized carbons (Fsp3) is 0.200. The Bertz CT molecular complexity index is 791. The summed E-state index contributed by atoms with van der Waals surface area (Å²) in [6, 6.07) is 19.6. The highest BCUT2D eigenvalue weighted by atomic mass is 32.2. The molecule has 0 fully saturated rings. The van der Waals surface area contributed by atoms with Gasteiger partial charge in [-0.25, -0.2) is 4.98 Å². The molecule has 0 spiro atoms. The number of aliphatic hydroxyl groups is 1. The van der Waals surface area contributed by atoms with Crippen molar-refractivity contribution in [3.63, 3.8) is 0 Å². The van der Waals surface area contributed by atoms with Gasteiger partial charge in [0.1, 0.15) is 5.69 Å². The zero-order chi connectivity index (χ0) is 18.4. The summed E-state index contributed by atoms with van der Waals surface area (Å²) in [5.41, 5.74) is 2.65. The second-order valence-electron chi connectivity index (χ2n) is 5.83. The number of nitrogens with zero attached hydrogens (tertiary/aromatic N) is 1. The molecule has 0 bridgehead atoms. The quantitative estimate of drug-likeness (QED) is 0.623. The van der Waals surface area contributed by atoms with Crippen molar-refractivity contribution in [1.82, 2.24) is 10.3 Å². The summed E-state index contributed by atoms with van der Waals surface area (Å²) >= 11 is 1.23. The van der Waals surface area contributed by atoms with Crippen LogP contribution in [0.1, 0.15) is 6.92 Å². The second-order valence-corrected chi connectivity index (χ2v) is 6.76. The summed E-state index contributed by atoms with van der Waals surface area (Å²) in [6.07, 6.45) is -0.569. The number of carbonyl (C=O) groups is 1. The van der Waals surface area contributed by atoms with Crippen LogP contribution in [0, 0.1) is 0 Å². The molecule has 1 heterocycles. The number of rotatable bonds is 7. The van der Waals surface area contributed by atoms with E-state index in [9.17, 15) is 9.90 Å². The highest BCUT2D eigenvalue weighted by molar-refractivity contribution is 7.99. The third-order valence-corrected chi connectivity index (χ3v) is 4.44. The third kappa shape index (κ3) is 4.74. The molecule has 26 heavy (non-hydrogen) atoms. The monoisotopic (exact) mass is 368 g/mol. The van der Waals surface area contributed by atoms with E-state index in [1.165, 1.54) is 11.8 Å². The third-order valence-electron chi connectivity index (χ3n) is 3.61. The van der Waals surface area contributed by atoms with Crippen LogP contribution in [0.25, 0.3) is 22.6 Å². The van der Waals surface area contributed by atoms with Crippen molar-refractivity contribution in [2.45, 2.75) is 18.3 Å². The lowest BCUT2D eigenvalue weighted by Gasteiger charge is -2.05. The van der Waals surface area contributed by atoms with E-state index in [4.69, 9.17) is 4.42 Å². The normalized spacial score (nSPS) is 11.9. The van der Waals surface area contributed by atoms with E-state index >= 15 is 0 Å². The standard InChI is InChI=1S/C20H20N2O3S/c1-14(23)12-21-17(24)13-26-20-22-18(15-8-4-2-5-9-15)19(25-20)16-10-6-3-7-11-16/h2-11,14,23H,12-13H2,1H3,(H,21,24). The number of nitrogens with one attached hydrogen (secondary N) is 1. The minimum atomic E-state index is -0.569. The van der Waals surface area contributed by atoms with E-state index in [0.717, 1.165) is 16.8 Å². The molecule has 0 aliphatic carbocycles. The van der Waals surface area contributed by atoms with Crippen LogP contribution in [0.4, 0.5) is 0 Å². The van der Waals surface area contributed by atoms with Crippen molar-refractivity contribution in [1.29, 1.82) is 0 Å². The molecule has 0 saturated carbocycles. The molecule has 0 radical (unpaired) electrons. The van der Waals surface area contributed by atoms with Gasteiger partial charge in [0.05, 0.1) is 11.9 Å². The molecule has 3 rings (SSSR count).